The van der Waals surface area contributed by atoms with Gasteiger partial charge in [0.05, 0.1) is 4.88 Å². The molecule has 0 radical (unpaired) electrons. The third kappa shape index (κ3) is 3.03. The Morgan fingerprint density at radius 2 is 2.05 bits per heavy atom. The average Bonchev–Trinajstić information content (AvgIpc) is 3.10. The van der Waals surface area contributed by atoms with Crippen molar-refractivity contribution in [2.24, 2.45) is 0 Å². The van der Waals surface area contributed by atoms with E-state index >= 15 is 0 Å². The van der Waals surface area contributed by atoms with E-state index in [1.165, 1.54) is 22.7 Å². The fourth-order valence-corrected chi connectivity index (χ4v) is 4.16. The van der Waals surface area contributed by atoms with Gasteiger partial charge >= 0.3 is 0 Å². The molecular weight excluding hydrogens is 314 g/mol. The van der Waals surface area contributed by atoms with Crippen molar-refractivity contribution in [2.75, 3.05) is 5.32 Å². The Morgan fingerprint density at radius 3 is 2.82 bits per heavy atom. The minimum absolute atomic E-state index is 0.100. The number of nitrogens with zero attached hydrogens (tertiary/aromatic N) is 2. The van der Waals surface area contributed by atoms with E-state index in [1.807, 2.05) is 31.2 Å². The molecule has 0 saturated heterocycles. The first-order chi connectivity index (χ1) is 10.7. The Bertz CT molecular complexity index is 807. The molecule has 1 aromatic carbocycles. The number of aromatic nitrogens is 2. The summed E-state index contributed by atoms with van der Waals surface area (Å²) in [5.41, 5.74) is 1.02. The number of carbonyl (C=O) groups excluding carboxylic acids is 1. The number of anilines is 1. The summed E-state index contributed by atoms with van der Waals surface area (Å²) in [5.74, 6) is -0.100. The van der Waals surface area contributed by atoms with E-state index < -0.39 is 0 Å². The second-order valence-electron chi connectivity index (χ2n) is 5.11. The zero-order valence-corrected chi connectivity index (χ0v) is 14.2. The van der Waals surface area contributed by atoms with Gasteiger partial charge in [0.2, 0.25) is 5.13 Å². The Hall–Kier alpha value is -1.79. The predicted molar refractivity (Wildman–Crippen MR) is 93.0 cm³/mol. The summed E-state index contributed by atoms with van der Waals surface area (Å²) in [5, 5.41) is 13.7. The summed E-state index contributed by atoms with van der Waals surface area (Å²) in [7, 11) is 0. The fourth-order valence-electron chi connectivity index (χ4n) is 2.28. The molecule has 0 bridgehead atoms. The van der Waals surface area contributed by atoms with Gasteiger partial charge in [-0.2, -0.15) is 0 Å². The first-order valence-corrected chi connectivity index (χ1v) is 8.94. The highest BCUT2D eigenvalue weighted by Crippen LogP contribution is 2.31. The van der Waals surface area contributed by atoms with E-state index in [-0.39, 0.29) is 5.91 Å². The minimum atomic E-state index is -0.100. The molecule has 0 aliphatic heterocycles. The Morgan fingerprint density at radius 1 is 1.23 bits per heavy atom. The zero-order valence-electron chi connectivity index (χ0n) is 12.5. The zero-order chi connectivity index (χ0) is 15.5. The van der Waals surface area contributed by atoms with Crippen LogP contribution >= 0.6 is 22.7 Å². The van der Waals surface area contributed by atoms with Gasteiger partial charge in [-0.25, -0.2) is 0 Å². The van der Waals surface area contributed by atoms with Crippen molar-refractivity contribution in [3.8, 4) is 0 Å². The monoisotopic (exact) mass is 331 g/mol. The Balaban J connectivity index is 1.78. The molecular formula is C16H17N3OS2. The fraction of sp³-hybridized carbons (Fsp3) is 0.312. The topological polar surface area (TPSA) is 54.9 Å². The van der Waals surface area contributed by atoms with E-state index in [1.54, 1.807) is 0 Å². The lowest BCUT2D eigenvalue weighted by Gasteiger charge is -1.99. The number of hydrogen-bond acceptors (Lipinski definition) is 5. The number of rotatable bonds is 5. The van der Waals surface area contributed by atoms with Gasteiger partial charge in [-0.1, -0.05) is 42.9 Å². The molecule has 0 fully saturated rings. The average molecular weight is 331 g/mol. The number of hydrogen-bond donors (Lipinski definition) is 1. The van der Waals surface area contributed by atoms with Crippen LogP contribution in [-0.2, 0) is 6.42 Å². The third-order valence-electron chi connectivity index (χ3n) is 3.48. The van der Waals surface area contributed by atoms with Crippen molar-refractivity contribution in [1.82, 2.24) is 10.2 Å². The highest BCUT2D eigenvalue weighted by Gasteiger charge is 2.16. The van der Waals surface area contributed by atoms with Gasteiger partial charge in [0.1, 0.15) is 5.01 Å². The minimum Gasteiger partial charge on any atom is -0.296 e. The van der Waals surface area contributed by atoms with Crippen LogP contribution in [0.25, 0.3) is 10.1 Å². The molecule has 6 heteroatoms. The Kier molecular flexibility index (Phi) is 4.49. The van der Waals surface area contributed by atoms with Crippen LogP contribution in [0.5, 0.6) is 0 Å². The number of thiophene rings is 1. The SMILES string of the molecule is CCCCc1nnc(NC(=O)c2sc3ccccc3c2C)s1. The molecule has 2 heterocycles. The third-order valence-corrected chi connectivity index (χ3v) is 5.65. The van der Waals surface area contributed by atoms with Crippen molar-refractivity contribution in [3.63, 3.8) is 0 Å². The largest absolute Gasteiger partial charge is 0.296 e. The molecule has 0 atom stereocenters. The van der Waals surface area contributed by atoms with E-state index in [4.69, 9.17) is 0 Å². The Labute approximate surface area is 137 Å². The first kappa shape index (κ1) is 15.1. The van der Waals surface area contributed by atoms with Crippen molar-refractivity contribution in [3.05, 3.63) is 39.7 Å². The van der Waals surface area contributed by atoms with Crippen LogP contribution in [-0.4, -0.2) is 16.1 Å². The molecule has 1 amide bonds. The molecule has 3 aromatic rings. The summed E-state index contributed by atoms with van der Waals surface area (Å²) in [6.07, 6.45) is 3.15. The summed E-state index contributed by atoms with van der Waals surface area (Å²) in [6, 6.07) is 8.07. The van der Waals surface area contributed by atoms with Gasteiger partial charge in [-0.3, -0.25) is 10.1 Å². The number of aryl methyl sites for hydroxylation is 2. The molecule has 3 rings (SSSR count). The second kappa shape index (κ2) is 6.54. The van der Waals surface area contributed by atoms with Crippen molar-refractivity contribution < 1.29 is 4.79 Å². The lowest BCUT2D eigenvalue weighted by Crippen LogP contribution is -2.11. The normalized spacial score (nSPS) is 11.0. The van der Waals surface area contributed by atoms with Gasteiger partial charge in [0, 0.05) is 11.1 Å². The molecule has 4 nitrogen and oxygen atoms in total. The molecule has 114 valence electrons. The quantitative estimate of drug-likeness (QED) is 0.740. The van der Waals surface area contributed by atoms with Gasteiger partial charge in [0.25, 0.3) is 5.91 Å². The van der Waals surface area contributed by atoms with E-state index in [9.17, 15) is 4.79 Å². The summed E-state index contributed by atoms with van der Waals surface area (Å²) >= 11 is 2.98. The maximum atomic E-state index is 12.5. The molecule has 0 spiro atoms. The lowest BCUT2D eigenvalue weighted by molar-refractivity contribution is 0.103. The molecule has 0 aliphatic rings. The van der Waals surface area contributed by atoms with Crippen LogP contribution in [0.1, 0.15) is 40.0 Å². The lowest BCUT2D eigenvalue weighted by atomic mass is 10.1. The maximum absolute atomic E-state index is 12.5. The first-order valence-electron chi connectivity index (χ1n) is 7.31. The highest BCUT2D eigenvalue weighted by atomic mass is 32.1. The van der Waals surface area contributed by atoms with Gasteiger partial charge in [-0.05, 0) is 30.4 Å². The number of unbranched alkanes of at least 4 members (excludes halogenated alkanes) is 1. The molecule has 1 N–H and O–H groups in total. The summed E-state index contributed by atoms with van der Waals surface area (Å²) in [6.45, 7) is 4.13. The van der Waals surface area contributed by atoms with Crippen LogP contribution in [0.3, 0.4) is 0 Å². The summed E-state index contributed by atoms with van der Waals surface area (Å²) in [4.78, 5) is 13.2. The number of nitrogens with one attached hydrogen (secondary N) is 1. The second-order valence-corrected chi connectivity index (χ2v) is 7.23. The van der Waals surface area contributed by atoms with Gasteiger partial charge in [0.15, 0.2) is 0 Å². The standard InChI is InChI=1S/C16H17N3OS2/c1-3-4-9-13-18-19-16(22-13)17-15(20)14-10(2)11-7-5-6-8-12(11)21-14/h5-8H,3-4,9H2,1-2H3,(H,17,19,20). The smallest absolute Gasteiger partial charge is 0.267 e. The van der Waals surface area contributed by atoms with Gasteiger partial charge in [-0.15, -0.1) is 21.5 Å². The van der Waals surface area contributed by atoms with Crippen LogP contribution < -0.4 is 5.32 Å². The van der Waals surface area contributed by atoms with Crippen LogP contribution in [0, 0.1) is 6.92 Å². The molecule has 2 aromatic heterocycles. The highest BCUT2D eigenvalue weighted by molar-refractivity contribution is 7.21. The van der Waals surface area contributed by atoms with Crippen LogP contribution in [0.4, 0.5) is 5.13 Å². The van der Waals surface area contributed by atoms with Gasteiger partial charge < -0.3 is 0 Å². The molecule has 0 aliphatic carbocycles. The van der Waals surface area contributed by atoms with E-state index in [0.29, 0.717) is 5.13 Å². The summed E-state index contributed by atoms with van der Waals surface area (Å²) < 4.78 is 1.13. The van der Waals surface area contributed by atoms with Crippen molar-refractivity contribution >= 4 is 43.8 Å². The van der Waals surface area contributed by atoms with E-state index in [0.717, 1.165) is 44.8 Å². The van der Waals surface area contributed by atoms with E-state index in [2.05, 4.69) is 22.4 Å². The number of amides is 1. The molecule has 0 saturated carbocycles. The predicted octanol–water partition coefficient (Wildman–Crippen LogP) is 4.66. The maximum Gasteiger partial charge on any atom is 0.267 e. The molecule has 0 unspecified atom stereocenters. The molecule has 22 heavy (non-hydrogen) atoms. The number of fused-ring (bicyclic) bond motifs is 1. The van der Waals surface area contributed by atoms with Crippen molar-refractivity contribution in [2.45, 2.75) is 33.1 Å². The van der Waals surface area contributed by atoms with Crippen molar-refractivity contribution in [1.29, 1.82) is 0 Å². The van der Waals surface area contributed by atoms with Crippen LogP contribution in [0.2, 0.25) is 0 Å². The van der Waals surface area contributed by atoms with Crippen LogP contribution in [0.15, 0.2) is 24.3 Å². The number of carbonyl (C=O) groups is 1. The number of benzene rings is 1.